The van der Waals surface area contributed by atoms with Gasteiger partial charge in [-0.2, -0.15) is 0 Å². The number of benzene rings is 2. The van der Waals surface area contributed by atoms with Gasteiger partial charge in [-0.25, -0.2) is 0 Å². The Labute approximate surface area is 105 Å². The maximum absolute atomic E-state index is 11.1. The molecule has 0 saturated carbocycles. The zero-order valence-corrected chi connectivity index (χ0v) is 9.95. The molecule has 17 heavy (non-hydrogen) atoms. The highest BCUT2D eigenvalue weighted by molar-refractivity contribution is 6.17. The predicted molar refractivity (Wildman–Crippen MR) is 70.0 cm³/mol. The first kappa shape index (κ1) is 11.7. The Morgan fingerprint density at radius 3 is 2.41 bits per heavy atom. The third-order valence-electron chi connectivity index (χ3n) is 2.62. The van der Waals surface area contributed by atoms with E-state index in [-0.39, 0.29) is 0 Å². The van der Waals surface area contributed by atoms with Gasteiger partial charge in [-0.1, -0.05) is 36.4 Å². The average molecular weight is 246 g/mol. The molecule has 2 N–H and O–H groups in total. The van der Waals surface area contributed by atoms with Crippen LogP contribution in [0.15, 0.2) is 48.5 Å². The summed E-state index contributed by atoms with van der Waals surface area (Å²) in [6, 6.07) is 15.3. The van der Waals surface area contributed by atoms with Crippen molar-refractivity contribution in [2.75, 3.05) is 0 Å². The van der Waals surface area contributed by atoms with E-state index in [9.17, 15) is 4.79 Å². The fourth-order valence-corrected chi connectivity index (χ4v) is 1.98. The molecule has 0 spiro atoms. The maximum atomic E-state index is 11.1. The van der Waals surface area contributed by atoms with Gasteiger partial charge in [0, 0.05) is 11.4 Å². The van der Waals surface area contributed by atoms with Crippen molar-refractivity contribution in [3.8, 4) is 11.1 Å². The monoisotopic (exact) mass is 245 g/mol. The third-order valence-corrected chi connectivity index (χ3v) is 2.91. The van der Waals surface area contributed by atoms with Gasteiger partial charge in [-0.15, -0.1) is 11.6 Å². The van der Waals surface area contributed by atoms with Crippen LogP contribution in [0.5, 0.6) is 0 Å². The highest BCUT2D eigenvalue weighted by atomic mass is 35.5. The highest BCUT2D eigenvalue weighted by Crippen LogP contribution is 2.25. The van der Waals surface area contributed by atoms with Crippen LogP contribution < -0.4 is 5.73 Å². The van der Waals surface area contributed by atoms with Crippen LogP contribution in [0.4, 0.5) is 0 Å². The van der Waals surface area contributed by atoms with Crippen molar-refractivity contribution in [2.45, 2.75) is 5.88 Å². The van der Waals surface area contributed by atoms with Crippen LogP contribution in [0.25, 0.3) is 11.1 Å². The molecule has 3 heteroatoms. The summed E-state index contributed by atoms with van der Waals surface area (Å²) in [5.74, 6) is -0.0818. The van der Waals surface area contributed by atoms with Gasteiger partial charge in [0.2, 0.25) is 5.91 Å². The third kappa shape index (κ3) is 2.48. The van der Waals surface area contributed by atoms with Gasteiger partial charge in [-0.05, 0) is 28.8 Å². The molecule has 0 aliphatic heterocycles. The van der Waals surface area contributed by atoms with E-state index in [2.05, 4.69) is 0 Å². The van der Waals surface area contributed by atoms with Gasteiger partial charge in [0.15, 0.2) is 0 Å². The van der Waals surface area contributed by atoms with E-state index < -0.39 is 5.91 Å². The Hall–Kier alpha value is -1.80. The van der Waals surface area contributed by atoms with Crippen molar-refractivity contribution in [3.63, 3.8) is 0 Å². The SMILES string of the molecule is NC(=O)c1ccc(-c2ccccc2)c(CCl)c1. The van der Waals surface area contributed by atoms with Crippen LogP contribution in [-0.2, 0) is 5.88 Å². The number of halogens is 1. The molecule has 2 rings (SSSR count). The van der Waals surface area contributed by atoms with Crippen LogP contribution in [0.2, 0.25) is 0 Å². The molecule has 0 aromatic heterocycles. The van der Waals surface area contributed by atoms with Crippen LogP contribution in [-0.4, -0.2) is 5.91 Å². The van der Waals surface area contributed by atoms with E-state index in [1.807, 2.05) is 36.4 Å². The van der Waals surface area contributed by atoms with Gasteiger partial charge in [0.25, 0.3) is 0 Å². The van der Waals surface area contributed by atoms with Crippen LogP contribution >= 0.6 is 11.6 Å². The maximum Gasteiger partial charge on any atom is 0.248 e. The molecule has 0 atom stereocenters. The van der Waals surface area contributed by atoms with Gasteiger partial charge in [-0.3, -0.25) is 4.79 Å². The van der Waals surface area contributed by atoms with Crippen molar-refractivity contribution >= 4 is 17.5 Å². The standard InChI is InChI=1S/C14H12ClNO/c15-9-12-8-11(14(16)17)6-7-13(12)10-4-2-1-3-5-10/h1-8H,9H2,(H2,16,17). The minimum atomic E-state index is -0.434. The Kier molecular flexibility index (Phi) is 3.45. The number of carbonyl (C=O) groups excluding carboxylic acids is 1. The quantitative estimate of drug-likeness (QED) is 0.830. The van der Waals surface area contributed by atoms with Crippen molar-refractivity contribution in [1.82, 2.24) is 0 Å². The molecular weight excluding hydrogens is 234 g/mol. The number of primary amides is 1. The van der Waals surface area contributed by atoms with E-state index in [0.29, 0.717) is 11.4 Å². The number of amides is 1. The molecule has 0 radical (unpaired) electrons. The normalized spacial score (nSPS) is 10.2. The first-order valence-electron chi connectivity index (χ1n) is 5.26. The lowest BCUT2D eigenvalue weighted by Gasteiger charge is -2.08. The number of carbonyl (C=O) groups is 1. The van der Waals surface area contributed by atoms with E-state index in [1.54, 1.807) is 12.1 Å². The summed E-state index contributed by atoms with van der Waals surface area (Å²) in [6.45, 7) is 0. The number of hydrogen-bond acceptors (Lipinski definition) is 1. The molecule has 0 unspecified atom stereocenters. The number of hydrogen-bond donors (Lipinski definition) is 1. The van der Waals surface area contributed by atoms with Gasteiger partial charge in [0.1, 0.15) is 0 Å². The Morgan fingerprint density at radius 2 is 1.82 bits per heavy atom. The molecule has 2 nitrogen and oxygen atoms in total. The van der Waals surface area contributed by atoms with E-state index in [4.69, 9.17) is 17.3 Å². The molecule has 0 fully saturated rings. The van der Waals surface area contributed by atoms with Crippen molar-refractivity contribution in [1.29, 1.82) is 0 Å². The summed E-state index contributed by atoms with van der Waals surface area (Å²) in [5.41, 5.74) is 8.76. The topological polar surface area (TPSA) is 43.1 Å². The first-order chi connectivity index (χ1) is 8.22. The summed E-state index contributed by atoms with van der Waals surface area (Å²) in [6.07, 6.45) is 0. The summed E-state index contributed by atoms with van der Waals surface area (Å²) in [4.78, 5) is 11.1. The zero-order valence-electron chi connectivity index (χ0n) is 9.19. The second-order valence-electron chi connectivity index (χ2n) is 3.74. The molecule has 0 aliphatic rings. The molecular formula is C14H12ClNO. The van der Waals surface area contributed by atoms with Crippen LogP contribution in [0.1, 0.15) is 15.9 Å². The Bertz CT molecular complexity index is 537. The summed E-state index contributed by atoms with van der Waals surface area (Å²) >= 11 is 5.91. The molecule has 86 valence electrons. The van der Waals surface area contributed by atoms with Crippen LogP contribution in [0, 0.1) is 0 Å². The molecule has 0 bridgehead atoms. The fraction of sp³-hybridized carbons (Fsp3) is 0.0714. The van der Waals surface area contributed by atoms with Crippen molar-refractivity contribution in [2.24, 2.45) is 5.73 Å². The van der Waals surface area contributed by atoms with E-state index in [1.165, 1.54) is 0 Å². The molecule has 0 aliphatic carbocycles. The van der Waals surface area contributed by atoms with Gasteiger partial charge >= 0.3 is 0 Å². The van der Waals surface area contributed by atoms with E-state index in [0.717, 1.165) is 16.7 Å². The summed E-state index contributed by atoms with van der Waals surface area (Å²) < 4.78 is 0. The zero-order chi connectivity index (χ0) is 12.3. The minimum absolute atomic E-state index is 0.353. The fourth-order valence-electron chi connectivity index (χ4n) is 1.76. The summed E-state index contributed by atoms with van der Waals surface area (Å²) in [7, 11) is 0. The Balaban J connectivity index is 2.52. The minimum Gasteiger partial charge on any atom is -0.366 e. The smallest absolute Gasteiger partial charge is 0.248 e. The average Bonchev–Trinajstić information content (AvgIpc) is 2.39. The van der Waals surface area contributed by atoms with Gasteiger partial charge in [0.05, 0.1) is 0 Å². The lowest BCUT2D eigenvalue weighted by atomic mass is 9.98. The summed E-state index contributed by atoms with van der Waals surface area (Å²) in [5, 5.41) is 0. The molecule has 2 aromatic carbocycles. The predicted octanol–water partition coefficient (Wildman–Crippen LogP) is 3.19. The molecule has 1 amide bonds. The van der Waals surface area contributed by atoms with Crippen LogP contribution in [0.3, 0.4) is 0 Å². The second kappa shape index (κ2) is 5.02. The Morgan fingerprint density at radius 1 is 1.12 bits per heavy atom. The number of alkyl halides is 1. The van der Waals surface area contributed by atoms with E-state index >= 15 is 0 Å². The number of nitrogens with two attached hydrogens (primary N) is 1. The lowest BCUT2D eigenvalue weighted by molar-refractivity contribution is 0.1000. The van der Waals surface area contributed by atoms with Crippen molar-refractivity contribution < 1.29 is 4.79 Å². The molecule has 2 aromatic rings. The highest BCUT2D eigenvalue weighted by Gasteiger charge is 2.07. The lowest BCUT2D eigenvalue weighted by Crippen LogP contribution is -2.11. The largest absolute Gasteiger partial charge is 0.366 e. The molecule has 0 heterocycles. The van der Waals surface area contributed by atoms with Crippen molar-refractivity contribution in [3.05, 3.63) is 59.7 Å². The number of rotatable bonds is 3. The van der Waals surface area contributed by atoms with Gasteiger partial charge < -0.3 is 5.73 Å². The first-order valence-corrected chi connectivity index (χ1v) is 5.80. The molecule has 0 saturated heterocycles. The second-order valence-corrected chi connectivity index (χ2v) is 4.00.